The number of nitrogens with zero attached hydrogens (tertiary/aromatic N) is 3. The average Bonchev–Trinajstić information content (AvgIpc) is 2.80. The fraction of sp³-hybridized carbons (Fsp3) is 0.318. The molecule has 1 aliphatic heterocycles. The molecule has 0 atom stereocenters. The first-order valence-electron chi connectivity index (χ1n) is 10.2. The number of aryl methyl sites for hydroxylation is 1. The Labute approximate surface area is 177 Å². The number of likely N-dealkylation sites (tertiary alicyclic amines) is 1. The Morgan fingerprint density at radius 2 is 1.94 bits per heavy atom. The van der Waals surface area contributed by atoms with Crippen molar-refractivity contribution in [1.29, 1.82) is 0 Å². The van der Waals surface area contributed by atoms with Gasteiger partial charge in [0.05, 0.1) is 16.6 Å². The standard InChI is InChI=1S/C22H23N5O4/c1-2-27-18-6-5-14(12-17(18)25-20(29)22(27)31)21(30)26-10-7-16(8-11-26)24-19(28)15-4-3-9-23-13-15/h3-6,9,12-13,16H,2,7-8,10-11H2,1H3,(H,24,28)(H,25,29). The Morgan fingerprint density at radius 3 is 2.61 bits per heavy atom. The molecule has 2 N–H and O–H groups in total. The first kappa shape index (κ1) is 20.5. The van der Waals surface area contributed by atoms with Crippen molar-refractivity contribution in [1.82, 2.24) is 24.8 Å². The van der Waals surface area contributed by atoms with Crippen LogP contribution in [0, 0.1) is 0 Å². The van der Waals surface area contributed by atoms with Crippen molar-refractivity contribution in [3.05, 3.63) is 74.6 Å². The van der Waals surface area contributed by atoms with Crippen LogP contribution in [0.15, 0.2) is 52.3 Å². The lowest BCUT2D eigenvalue weighted by atomic mass is 10.0. The van der Waals surface area contributed by atoms with Crippen molar-refractivity contribution >= 4 is 22.8 Å². The SMILES string of the molecule is CCn1c(=O)c(=O)[nH]c2cc(C(=O)N3CCC(NC(=O)c4cccnc4)CC3)ccc21. The number of aromatic amines is 1. The Kier molecular flexibility index (Phi) is 5.66. The summed E-state index contributed by atoms with van der Waals surface area (Å²) in [6.45, 7) is 3.18. The number of H-pyrrole nitrogens is 1. The number of piperidine rings is 1. The minimum absolute atomic E-state index is 0.0105. The molecule has 0 aliphatic carbocycles. The maximum atomic E-state index is 13.0. The van der Waals surface area contributed by atoms with Gasteiger partial charge < -0.3 is 19.8 Å². The Balaban J connectivity index is 1.44. The largest absolute Gasteiger partial charge is 0.349 e. The van der Waals surface area contributed by atoms with E-state index in [-0.39, 0.29) is 17.9 Å². The molecular formula is C22H23N5O4. The molecule has 1 aromatic carbocycles. The molecule has 9 heteroatoms. The summed E-state index contributed by atoms with van der Waals surface area (Å²) in [5, 5.41) is 2.99. The molecule has 0 bridgehead atoms. The summed E-state index contributed by atoms with van der Waals surface area (Å²) < 4.78 is 1.39. The highest BCUT2D eigenvalue weighted by atomic mass is 16.2. The highest BCUT2D eigenvalue weighted by Crippen LogP contribution is 2.17. The third kappa shape index (κ3) is 4.11. The second kappa shape index (κ2) is 8.55. The van der Waals surface area contributed by atoms with Gasteiger partial charge in [0.1, 0.15) is 0 Å². The van der Waals surface area contributed by atoms with E-state index >= 15 is 0 Å². The molecule has 9 nitrogen and oxygen atoms in total. The summed E-state index contributed by atoms with van der Waals surface area (Å²) in [5.74, 6) is -0.313. The lowest BCUT2D eigenvalue weighted by molar-refractivity contribution is 0.0698. The van der Waals surface area contributed by atoms with Gasteiger partial charge in [-0.15, -0.1) is 0 Å². The van der Waals surface area contributed by atoms with Gasteiger partial charge >= 0.3 is 11.1 Å². The molecule has 1 saturated heterocycles. The molecule has 2 amide bonds. The van der Waals surface area contributed by atoms with Crippen molar-refractivity contribution in [2.45, 2.75) is 32.4 Å². The lowest BCUT2D eigenvalue weighted by Gasteiger charge is -2.32. The van der Waals surface area contributed by atoms with E-state index in [1.165, 1.54) is 10.8 Å². The average molecular weight is 421 g/mol. The number of carbonyl (C=O) groups excluding carboxylic acids is 2. The van der Waals surface area contributed by atoms with Crippen LogP contribution in [-0.2, 0) is 6.54 Å². The summed E-state index contributed by atoms with van der Waals surface area (Å²) in [7, 11) is 0. The van der Waals surface area contributed by atoms with E-state index in [4.69, 9.17) is 0 Å². The minimum Gasteiger partial charge on any atom is -0.349 e. The van der Waals surface area contributed by atoms with Crippen LogP contribution in [0.3, 0.4) is 0 Å². The molecule has 0 unspecified atom stereocenters. The van der Waals surface area contributed by atoms with Gasteiger partial charge in [-0.2, -0.15) is 0 Å². The van der Waals surface area contributed by atoms with Crippen LogP contribution in [-0.4, -0.2) is 50.4 Å². The number of benzene rings is 1. The Bertz CT molecular complexity index is 1240. The van der Waals surface area contributed by atoms with Crippen LogP contribution in [0.25, 0.3) is 11.0 Å². The van der Waals surface area contributed by atoms with Gasteiger partial charge in [-0.3, -0.25) is 24.2 Å². The molecule has 0 saturated carbocycles. The third-order valence-corrected chi connectivity index (χ3v) is 5.58. The highest BCUT2D eigenvalue weighted by molar-refractivity contribution is 5.97. The highest BCUT2D eigenvalue weighted by Gasteiger charge is 2.25. The van der Waals surface area contributed by atoms with Crippen molar-refractivity contribution in [3.63, 3.8) is 0 Å². The number of hydrogen-bond donors (Lipinski definition) is 2. The van der Waals surface area contributed by atoms with Crippen molar-refractivity contribution in [2.24, 2.45) is 0 Å². The van der Waals surface area contributed by atoms with E-state index in [0.717, 1.165) is 0 Å². The van der Waals surface area contributed by atoms with Gasteiger partial charge in [0.25, 0.3) is 11.8 Å². The monoisotopic (exact) mass is 421 g/mol. The number of amides is 2. The first-order chi connectivity index (χ1) is 15.0. The van der Waals surface area contributed by atoms with E-state index in [1.807, 2.05) is 0 Å². The number of fused-ring (bicyclic) bond motifs is 1. The van der Waals surface area contributed by atoms with Crippen LogP contribution in [0.1, 0.15) is 40.5 Å². The molecule has 1 aliphatic rings. The van der Waals surface area contributed by atoms with Crippen LogP contribution in [0.5, 0.6) is 0 Å². The molecule has 4 rings (SSSR count). The normalized spacial score (nSPS) is 14.5. The van der Waals surface area contributed by atoms with Crippen LogP contribution in [0.2, 0.25) is 0 Å². The molecule has 3 heterocycles. The maximum Gasteiger partial charge on any atom is 0.316 e. The molecule has 0 radical (unpaired) electrons. The van der Waals surface area contributed by atoms with Gasteiger partial charge in [-0.25, -0.2) is 0 Å². The van der Waals surface area contributed by atoms with E-state index in [2.05, 4.69) is 15.3 Å². The molecule has 31 heavy (non-hydrogen) atoms. The topological polar surface area (TPSA) is 117 Å². The number of nitrogens with one attached hydrogen (secondary N) is 2. The van der Waals surface area contributed by atoms with E-state index < -0.39 is 11.1 Å². The molecule has 3 aromatic rings. The van der Waals surface area contributed by atoms with Crippen molar-refractivity contribution in [2.75, 3.05) is 13.1 Å². The molecule has 1 fully saturated rings. The van der Waals surface area contributed by atoms with Gasteiger partial charge in [-0.05, 0) is 50.1 Å². The Morgan fingerprint density at radius 1 is 1.16 bits per heavy atom. The lowest BCUT2D eigenvalue weighted by Crippen LogP contribution is -2.46. The van der Waals surface area contributed by atoms with E-state index in [0.29, 0.717) is 54.6 Å². The fourth-order valence-corrected chi connectivity index (χ4v) is 3.90. The third-order valence-electron chi connectivity index (χ3n) is 5.58. The second-order valence-electron chi connectivity index (χ2n) is 7.52. The first-order valence-corrected chi connectivity index (χ1v) is 10.2. The van der Waals surface area contributed by atoms with Crippen LogP contribution >= 0.6 is 0 Å². The summed E-state index contributed by atoms with van der Waals surface area (Å²) in [5.41, 5.74) is 0.684. The van der Waals surface area contributed by atoms with Gasteiger partial charge in [0, 0.05) is 43.6 Å². The van der Waals surface area contributed by atoms with Crippen LogP contribution < -0.4 is 16.4 Å². The minimum atomic E-state index is -0.705. The molecule has 160 valence electrons. The molecule has 0 spiro atoms. The number of aromatic nitrogens is 3. The summed E-state index contributed by atoms with van der Waals surface area (Å²) in [6, 6.07) is 8.38. The summed E-state index contributed by atoms with van der Waals surface area (Å²) in [4.78, 5) is 57.4. The quantitative estimate of drug-likeness (QED) is 0.613. The number of rotatable bonds is 4. The molecular weight excluding hydrogens is 398 g/mol. The predicted octanol–water partition coefficient (Wildman–Crippen LogP) is 1.14. The van der Waals surface area contributed by atoms with E-state index in [1.54, 1.807) is 48.4 Å². The summed E-state index contributed by atoms with van der Waals surface area (Å²) in [6.07, 6.45) is 4.44. The predicted molar refractivity (Wildman–Crippen MR) is 115 cm³/mol. The maximum absolute atomic E-state index is 13.0. The zero-order chi connectivity index (χ0) is 22.0. The number of pyridine rings is 1. The van der Waals surface area contributed by atoms with E-state index in [9.17, 15) is 19.2 Å². The zero-order valence-corrected chi connectivity index (χ0v) is 17.1. The fourth-order valence-electron chi connectivity index (χ4n) is 3.90. The smallest absolute Gasteiger partial charge is 0.316 e. The van der Waals surface area contributed by atoms with Gasteiger partial charge in [0.15, 0.2) is 0 Å². The van der Waals surface area contributed by atoms with Gasteiger partial charge in [0.2, 0.25) is 0 Å². The number of carbonyl (C=O) groups is 2. The Hall–Kier alpha value is -3.75. The van der Waals surface area contributed by atoms with Crippen LogP contribution in [0.4, 0.5) is 0 Å². The summed E-state index contributed by atoms with van der Waals surface area (Å²) >= 11 is 0. The second-order valence-corrected chi connectivity index (χ2v) is 7.52. The van der Waals surface area contributed by atoms with Crippen molar-refractivity contribution in [3.8, 4) is 0 Å². The zero-order valence-electron chi connectivity index (χ0n) is 17.1. The van der Waals surface area contributed by atoms with Crippen molar-refractivity contribution < 1.29 is 9.59 Å². The number of hydrogen-bond acceptors (Lipinski definition) is 5. The van der Waals surface area contributed by atoms with Gasteiger partial charge in [-0.1, -0.05) is 0 Å². The molecule has 2 aromatic heterocycles.